The predicted molar refractivity (Wildman–Crippen MR) is 114 cm³/mol. The second kappa shape index (κ2) is 7.83. The molecule has 0 fully saturated rings. The second-order valence-corrected chi connectivity index (χ2v) is 7.68. The molecule has 0 bridgehead atoms. The van der Waals surface area contributed by atoms with Gasteiger partial charge in [0.05, 0.1) is 15.9 Å². The van der Waals surface area contributed by atoms with Crippen LogP contribution in [0.2, 0.25) is 5.02 Å². The number of hydrogen-bond donors (Lipinski definition) is 0. The van der Waals surface area contributed by atoms with Crippen LogP contribution in [-0.4, -0.2) is 37.5 Å². The van der Waals surface area contributed by atoms with Gasteiger partial charge >= 0.3 is 11.8 Å². The van der Waals surface area contributed by atoms with E-state index in [1.54, 1.807) is 19.9 Å². The standard InChI is InChI=1S/C21H13ClF3N5O4/c1-9-16-11(6-13-17(9)33-10(2)27-13)20(31)34-19(28-16)14-7-15(32-8-21(23,24)25)29-30(14)18-12(22)4-3-5-26-18/h3-7H,8H2,1-2H3. The number of oxazole rings is 1. The van der Waals surface area contributed by atoms with Crippen molar-refractivity contribution >= 4 is 33.6 Å². The Hall–Kier alpha value is -3.93. The highest BCUT2D eigenvalue weighted by Crippen LogP contribution is 2.31. The van der Waals surface area contributed by atoms with E-state index >= 15 is 0 Å². The van der Waals surface area contributed by atoms with Crippen LogP contribution in [0.1, 0.15) is 11.5 Å². The minimum Gasteiger partial charge on any atom is -0.467 e. The molecule has 0 aliphatic heterocycles. The molecule has 4 aromatic heterocycles. The molecule has 0 N–H and O–H groups in total. The molecule has 0 amide bonds. The molecule has 0 saturated carbocycles. The lowest BCUT2D eigenvalue weighted by molar-refractivity contribution is -0.154. The van der Waals surface area contributed by atoms with Crippen LogP contribution in [0.25, 0.3) is 39.4 Å². The number of alkyl halides is 3. The van der Waals surface area contributed by atoms with Gasteiger partial charge in [0.15, 0.2) is 23.9 Å². The van der Waals surface area contributed by atoms with Crippen molar-refractivity contribution in [2.75, 3.05) is 6.61 Å². The molecule has 0 saturated heterocycles. The molecule has 0 aliphatic rings. The number of benzene rings is 1. The normalized spacial score (nSPS) is 12.1. The summed E-state index contributed by atoms with van der Waals surface area (Å²) in [5.74, 6) is -0.139. The molecule has 9 nitrogen and oxygen atoms in total. The molecule has 0 spiro atoms. The smallest absolute Gasteiger partial charge is 0.422 e. The van der Waals surface area contributed by atoms with Crippen molar-refractivity contribution in [1.29, 1.82) is 0 Å². The Morgan fingerprint density at radius 3 is 2.71 bits per heavy atom. The van der Waals surface area contributed by atoms with Gasteiger partial charge in [-0.25, -0.2) is 24.4 Å². The maximum absolute atomic E-state index is 12.8. The number of aryl methyl sites for hydroxylation is 2. The number of hydrogen-bond acceptors (Lipinski definition) is 8. The Bertz CT molecular complexity index is 1620. The topological polar surface area (TPSA) is 109 Å². The Morgan fingerprint density at radius 2 is 1.97 bits per heavy atom. The molecule has 0 unspecified atom stereocenters. The van der Waals surface area contributed by atoms with Crippen LogP contribution in [0.4, 0.5) is 13.2 Å². The van der Waals surface area contributed by atoms with E-state index < -0.39 is 24.3 Å². The first-order valence-electron chi connectivity index (χ1n) is 9.73. The highest BCUT2D eigenvalue weighted by atomic mass is 35.5. The first-order valence-corrected chi connectivity index (χ1v) is 10.1. The molecule has 0 radical (unpaired) electrons. The zero-order valence-electron chi connectivity index (χ0n) is 17.5. The molecule has 5 rings (SSSR count). The van der Waals surface area contributed by atoms with Gasteiger partial charge in [0, 0.05) is 24.8 Å². The Morgan fingerprint density at radius 1 is 1.18 bits per heavy atom. The van der Waals surface area contributed by atoms with Crippen molar-refractivity contribution in [3.8, 4) is 23.3 Å². The molecule has 4 heterocycles. The van der Waals surface area contributed by atoms with E-state index in [2.05, 4.69) is 20.1 Å². The van der Waals surface area contributed by atoms with E-state index in [1.807, 2.05) is 0 Å². The Balaban J connectivity index is 1.73. The Kier molecular flexibility index (Phi) is 5.04. The third-order valence-corrected chi connectivity index (χ3v) is 5.14. The van der Waals surface area contributed by atoms with E-state index in [-0.39, 0.29) is 33.3 Å². The van der Waals surface area contributed by atoms with E-state index in [0.717, 1.165) is 10.7 Å². The summed E-state index contributed by atoms with van der Waals surface area (Å²) in [5, 5.41) is 4.33. The molecule has 1 aromatic carbocycles. The highest BCUT2D eigenvalue weighted by Gasteiger charge is 2.30. The summed E-state index contributed by atoms with van der Waals surface area (Å²) in [6.07, 6.45) is -3.17. The minimum atomic E-state index is -4.59. The van der Waals surface area contributed by atoms with Crippen LogP contribution in [0, 0.1) is 13.8 Å². The van der Waals surface area contributed by atoms with Gasteiger partial charge in [0.25, 0.3) is 0 Å². The number of aromatic nitrogens is 5. The van der Waals surface area contributed by atoms with Crippen LogP contribution in [0.5, 0.6) is 5.88 Å². The van der Waals surface area contributed by atoms with Gasteiger partial charge in [-0.3, -0.25) is 0 Å². The largest absolute Gasteiger partial charge is 0.467 e. The second-order valence-electron chi connectivity index (χ2n) is 7.28. The molecule has 174 valence electrons. The van der Waals surface area contributed by atoms with E-state index in [1.165, 1.54) is 18.3 Å². The van der Waals surface area contributed by atoms with Gasteiger partial charge in [0.1, 0.15) is 11.2 Å². The van der Waals surface area contributed by atoms with E-state index in [9.17, 15) is 18.0 Å². The quantitative estimate of drug-likeness (QED) is 0.353. The van der Waals surface area contributed by atoms with Gasteiger partial charge in [-0.1, -0.05) is 11.6 Å². The lowest BCUT2D eigenvalue weighted by Crippen LogP contribution is -2.19. The van der Waals surface area contributed by atoms with Crippen LogP contribution >= 0.6 is 11.6 Å². The Labute approximate surface area is 192 Å². The van der Waals surface area contributed by atoms with Gasteiger partial charge in [-0.05, 0) is 25.1 Å². The number of pyridine rings is 1. The van der Waals surface area contributed by atoms with Gasteiger partial charge in [0.2, 0.25) is 11.8 Å². The number of ether oxygens (including phenoxy) is 1. The average molecular weight is 492 g/mol. The SMILES string of the molecule is Cc1nc2cc3c(=O)oc(-c4cc(OCC(F)(F)F)nn4-c4ncccc4Cl)nc3c(C)c2o1. The zero-order chi connectivity index (χ0) is 24.2. The van der Waals surface area contributed by atoms with Crippen LogP contribution in [0.3, 0.4) is 0 Å². The average Bonchev–Trinajstić information content (AvgIpc) is 3.36. The molecule has 5 aromatic rings. The summed E-state index contributed by atoms with van der Waals surface area (Å²) in [5.41, 5.74) is 1.00. The van der Waals surface area contributed by atoms with Crippen molar-refractivity contribution in [1.82, 2.24) is 24.7 Å². The minimum absolute atomic E-state index is 0.00465. The number of halogens is 4. The summed E-state index contributed by atoms with van der Waals surface area (Å²) >= 11 is 6.22. The summed E-state index contributed by atoms with van der Waals surface area (Å²) in [4.78, 5) is 25.6. The van der Waals surface area contributed by atoms with Crippen LogP contribution in [0.15, 0.2) is 44.1 Å². The summed E-state index contributed by atoms with van der Waals surface area (Å²) in [7, 11) is 0. The molecule has 13 heteroatoms. The predicted octanol–water partition coefficient (Wildman–Crippen LogP) is 4.79. The fraction of sp³-hybridized carbons (Fsp3) is 0.190. The number of fused-ring (bicyclic) bond motifs is 2. The summed E-state index contributed by atoms with van der Waals surface area (Å²) < 4.78 is 54.9. The van der Waals surface area contributed by atoms with Crippen molar-refractivity contribution in [3.05, 3.63) is 57.4 Å². The zero-order valence-corrected chi connectivity index (χ0v) is 18.2. The van der Waals surface area contributed by atoms with E-state index in [4.69, 9.17) is 25.2 Å². The maximum Gasteiger partial charge on any atom is 0.422 e. The monoisotopic (exact) mass is 491 g/mol. The number of nitrogens with zero attached hydrogens (tertiary/aromatic N) is 5. The van der Waals surface area contributed by atoms with Gasteiger partial charge < -0.3 is 13.6 Å². The van der Waals surface area contributed by atoms with Gasteiger partial charge in [-0.15, -0.1) is 5.10 Å². The van der Waals surface area contributed by atoms with Crippen molar-refractivity contribution in [2.45, 2.75) is 20.0 Å². The number of rotatable bonds is 4. The molecule has 0 aliphatic carbocycles. The summed E-state index contributed by atoms with van der Waals surface area (Å²) in [6.45, 7) is 1.80. The molecule has 0 atom stereocenters. The van der Waals surface area contributed by atoms with Crippen molar-refractivity contribution < 1.29 is 26.7 Å². The molecular formula is C21H13ClF3N5O4. The third kappa shape index (κ3) is 3.85. The molecule has 34 heavy (non-hydrogen) atoms. The lowest BCUT2D eigenvalue weighted by Gasteiger charge is -2.08. The van der Waals surface area contributed by atoms with Crippen molar-refractivity contribution in [3.63, 3.8) is 0 Å². The van der Waals surface area contributed by atoms with E-state index in [0.29, 0.717) is 22.6 Å². The fourth-order valence-electron chi connectivity index (χ4n) is 3.43. The first kappa shape index (κ1) is 21.9. The molecular weight excluding hydrogens is 479 g/mol. The van der Waals surface area contributed by atoms with Crippen LogP contribution < -0.4 is 10.4 Å². The maximum atomic E-state index is 12.8. The first-order chi connectivity index (χ1) is 16.1. The highest BCUT2D eigenvalue weighted by molar-refractivity contribution is 6.32. The van der Waals surface area contributed by atoms with Crippen LogP contribution in [-0.2, 0) is 0 Å². The van der Waals surface area contributed by atoms with Gasteiger partial charge in [-0.2, -0.15) is 13.2 Å². The fourth-order valence-corrected chi connectivity index (χ4v) is 3.63. The lowest BCUT2D eigenvalue weighted by atomic mass is 10.1. The third-order valence-electron chi connectivity index (χ3n) is 4.84. The van der Waals surface area contributed by atoms with Crippen molar-refractivity contribution in [2.24, 2.45) is 0 Å². The summed E-state index contributed by atoms with van der Waals surface area (Å²) in [6, 6.07) is 5.74.